The van der Waals surface area contributed by atoms with Crippen LogP contribution in [0.1, 0.15) is 33.3 Å². The van der Waals surface area contributed by atoms with Crippen LogP contribution in [-0.2, 0) is 22.6 Å². The van der Waals surface area contributed by atoms with Crippen LogP contribution in [0, 0.1) is 0 Å². The van der Waals surface area contributed by atoms with Gasteiger partial charge in [0.05, 0.1) is 12.1 Å². The Morgan fingerprint density at radius 2 is 1.96 bits per heavy atom. The molecular weight excluding hydrogens is 350 g/mol. The second-order valence-electron chi connectivity index (χ2n) is 6.00. The van der Waals surface area contributed by atoms with Crippen LogP contribution in [0.15, 0.2) is 36.4 Å². The molecule has 0 unspecified atom stereocenters. The first-order valence-corrected chi connectivity index (χ1v) is 9.01. The molecule has 3 N–H and O–H groups in total. The van der Waals surface area contributed by atoms with E-state index in [1.54, 1.807) is 11.0 Å². The van der Waals surface area contributed by atoms with Crippen molar-refractivity contribution < 1.29 is 14.4 Å². The van der Waals surface area contributed by atoms with E-state index in [-0.39, 0.29) is 11.8 Å². The minimum Gasteiger partial charge on any atom is -0.365 e. The second-order valence-corrected chi connectivity index (χ2v) is 7.10. The van der Waals surface area contributed by atoms with E-state index in [1.807, 2.05) is 30.3 Å². The number of hydrogen-bond acceptors (Lipinski definition) is 4. The number of nitrogens with zero attached hydrogens (tertiary/aromatic N) is 1. The number of hydrogen-bond donors (Lipinski definition) is 2. The molecule has 0 saturated heterocycles. The predicted molar refractivity (Wildman–Crippen MR) is 102 cm³/mol. The van der Waals surface area contributed by atoms with Gasteiger partial charge in [-0.15, -0.1) is 11.3 Å². The highest BCUT2D eigenvalue weighted by molar-refractivity contribution is 7.17. The number of anilines is 1. The van der Waals surface area contributed by atoms with Gasteiger partial charge < -0.3 is 16.0 Å². The maximum atomic E-state index is 12.2. The standard InChI is InChI=1S/C19H19N3O3S/c1-12(23)22-10-9-14-15(11-22)26-19(17(14)18(20)25)21-16(24)8-7-13-5-3-2-4-6-13/h2-8H,9-11H2,1H3,(H2,20,25)(H,21,24). The third-order valence-electron chi connectivity index (χ3n) is 4.21. The van der Waals surface area contributed by atoms with Crippen molar-refractivity contribution in [2.24, 2.45) is 5.73 Å². The lowest BCUT2D eigenvalue weighted by molar-refractivity contribution is -0.129. The van der Waals surface area contributed by atoms with Gasteiger partial charge in [0.2, 0.25) is 11.8 Å². The van der Waals surface area contributed by atoms with Crippen molar-refractivity contribution in [3.05, 3.63) is 58.0 Å². The molecule has 2 heterocycles. The Hall–Kier alpha value is -2.93. The van der Waals surface area contributed by atoms with Gasteiger partial charge in [-0.05, 0) is 23.6 Å². The number of amides is 3. The first kappa shape index (κ1) is 17.9. The predicted octanol–water partition coefficient (Wildman–Crippen LogP) is 2.40. The molecule has 0 saturated carbocycles. The number of nitrogens with two attached hydrogens (primary N) is 1. The van der Waals surface area contributed by atoms with E-state index in [0.717, 1.165) is 16.0 Å². The minimum atomic E-state index is -0.568. The zero-order valence-electron chi connectivity index (χ0n) is 14.3. The molecule has 0 bridgehead atoms. The average molecular weight is 369 g/mol. The lowest BCUT2D eigenvalue weighted by Crippen LogP contribution is -2.34. The van der Waals surface area contributed by atoms with Crippen molar-refractivity contribution in [2.75, 3.05) is 11.9 Å². The molecule has 3 amide bonds. The number of carbonyl (C=O) groups excluding carboxylic acids is 3. The third-order valence-corrected chi connectivity index (χ3v) is 5.34. The Morgan fingerprint density at radius 1 is 1.23 bits per heavy atom. The summed E-state index contributed by atoms with van der Waals surface area (Å²) in [7, 11) is 0. The summed E-state index contributed by atoms with van der Waals surface area (Å²) in [4.78, 5) is 38.3. The molecule has 3 rings (SSSR count). The Labute approximate surface area is 155 Å². The first-order chi connectivity index (χ1) is 12.5. The number of fused-ring (bicyclic) bond motifs is 1. The summed E-state index contributed by atoms with van der Waals surface area (Å²) in [6, 6.07) is 9.45. The average Bonchev–Trinajstić information content (AvgIpc) is 2.97. The summed E-state index contributed by atoms with van der Waals surface area (Å²) >= 11 is 1.30. The maximum absolute atomic E-state index is 12.2. The van der Waals surface area contributed by atoms with Crippen molar-refractivity contribution in [2.45, 2.75) is 19.9 Å². The summed E-state index contributed by atoms with van der Waals surface area (Å²) in [6.45, 7) is 2.50. The fourth-order valence-corrected chi connectivity index (χ4v) is 4.18. The van der Waals surface area contributed by atoms with Crippen LogP contribution in [-0.4, -0.2) is 29.2 Å². The van der Waals surface area contributed by atoms with Gasteiger partial charge in [0.15, 0.2) is 0 Å². The van der Waals surface area contributed by atoms with E-state index in [1.165, 1.54) is 24.3 Å². The molecule has 26 heavy (non-hydrogen) atoms. The fourth-order valence-electron chi connectivity index (χ4n) is 2.91. The van der Waals surface area contributed by atoms with Crippen molar-refractivity contribution in [3.63, 3.8) is 0 Å². The highest BCUT2D eigenvalue weighted by atomic mass is 32.1. The van der Waals surface area contributed by atoms with E-state index in [2.05, 4.69) is 5.32 Å². The Morgan fingerprint density at radius 3 is 2.62 bits per heavy atom. The molecule has 1 aromatic carbocycles. The maximum Gasteiger partial charge on any atom is 0.251 e. The number of thiophene rings is 1. The van der Waals surface area contributed by atoms with Gasteiger partial charge in [0.25, 0.3) is 5.91 Å². The quantitative estimate of drug-likeness (QED) is 0.811. The number of benzene rings is 1. The fraction of sp³-hybridized carbons (Fsp3) is 0.211. The summed E-state index contributed by atoms with van der Waals surface area (Å²) in [5.41, 5.74) is 7.63. The minimum absolute atomic E-state index is 0.0129. The Balaban J connectivity index is 1.81. The van der Waals surface area contributed by atoms with Gasteiger partial charge in [0.1, 0.15) is 5.00 Å². The number of carbonyl (C=O) groups is 3. The van der Waals surface area contributed by atoms with E-state index in [0.29, 0.717) is 30.1 Å². The normalized spacial score (nSPS) is 13.5. The highest BCUT2D eigenvalue weighted by Crippen LogP contribution is 2.37. The van der Waals surface area contributed by atoms with Crippen molar-refractivity contribution in [1.29, 1.82) is 0 Å². The van der Waals surface area contributed by atoms with E-state index < -0.39 is 5.91 Å². The smallest absolute Gasteiger partial charge is 0.251 e. The summed E-state index contributed by atoms with van der Waals surface area (Å²) in [5, 5.41) is 3.19. The molecule has 1 aliphatic heterocycles. The molecule has 0 aliphatic carbocycles. The van der Waals surface area contributed by atoms with Crippen LogP contribution in [0.4, 0.5) is 5.00 Å². The summed E-state index contributed by atoms with van der Waals surface area (Å²) in [5.74, 6) is -0.916. The van der Waals surface area contributed by atoms with Crippen LogP contribution < -0.4 is 11.1 Å². The first-order valence-electron chi connectivity index (χ1n) is 8.19. The van der Waals surface area contributed by atoms with E-state index >= 15 is 0 Å². The molecule has 0 atom stereocenters. The number of rotatable bonds is 4. The zero-order chi connectivity index (χ0) is 18.7. The van der Waals surface area contributed by atoms with Crippen molar-refractivity contribution in [3.8, 4) is 0 Å². The van der Waals surface area contributed by atoms with Gasteiger partial charge in [-0.3, -0.25) is 14.4 Å². The van der Waals surface area contributed by atoms with Crippen molar-refractivity contribution in [1.82, 2.24) is 4.90 Å². The van der Waals surface area contributed by atoms with Gasteiger partial charge in [-0.25, -0.2) is 0 Å². The molecule has 134 valence electrons. The van der Waals surface area contributed by atoms with Crippen LogP contribution in [0.5, 0.6) is 0 Å². The second kappa shape index (κ2) is 7.53. The molecule has 0 radical (unpaired) electrons. The van der Waals surface area contributed by atoms with Crippen LogP contribution in [0.25, 0.3) is 6.08 Å². The van der Waals surface area contributed by atoms with Crippen LogP contribution in [0.2, 0.25) is 0 Å². The van der Waals surface area contributed by atoms with Crippen LogP contribution >= 0.6 is 11.3 Å². The van der Waals surface area contributed by atoms with Gasteiger partial charge in [0, 0.05) is 24.4 Å². The third kappa shape index (κ3) is 3.83. The van der Waals surface area contributed by atoms with Crippen molar-refractivity contribution >= 4 is 40.1 Å². The van der Waals surface area contributed by atoms with E-state index in [4.69, 9.17) is 5.73 Å². The topological polar surface area (TPSA) is 92.5 Å². The molecule has 7 heteroatoms. The Kier molecular flexibility index (Phi) is 5.18. The van der Waals surface area contributed by atoms with Gasteiger partial charge in [-0.2, -0.15) is 0 Å². The summed E-state index contributed by atoms with van der Waals surface area (Å²) < 4.78 is 0. The largest absolute Gasteiger partial charge is 0.365 e. The Bertz CT molecular complexity index is 887. The molecule has 1 aromatic heterocycles. The lowest BCUT2D eigenvalue weighted by atomic mass is 10.0. The molecule has 0 spiro atoms. The molecule has 0 fully saturated rings. The molecular formula is C19H19N3O3S. The monoisotopic (exact) mass is 369 g/mol. The molecule has 1 aliphatic rings. The SMILES string of the molecule is CC(=O)N1CCc2c(sc(NC(=O)C=Cc3ccccc3)c2C(N)=O)C1. The van der Waals surface area contributed by atoms with Crippen LogP contribution in [0.3, 0.4) is 0 Å². The summed E-state index contributed by atoms with van der Waals surface area (Å²) in [6.07, 6.45) is 3.67. The molecule has 6 nitrogen and oxygen atoms in total. The highest BCUT2D eigenvalue weighted by Gasteiger charge is 2.28. The van der Waals surface area contributed by atoms with Gasteiger partial charge >= 0.3 is 0 Å². The van der Waals surface area contributed by atoms with Gasteiger partial charge in [-0.1, -0.05) is 30.3 Å². The zero-order valence-corrected chi connectivity index (χ0v) is 15.1. The van der Waals surface area contributed by atoms with E-state index in [9.17, 15) is 14.4 Å². The molecule has 2 aromatic rings. The lowest BCUT2D eigenvalue weighted by Gasteiger charge is -2.25. The number of nitrogens with one attached hydrogen (secondary N) is 1. The number of primary amides is 1.